The fourth-order valence-corrected chi connectivity index (χ4v) is 4.24. The highest BCUT2D eigenvalue weighted by molar-refractivity contribution is 7.85. The summed E-state index contributed by atoms with van der Waals surface area (Å²) >= 11 is 0. The third-order valence-electron chi connectivity index (χ3n) is 4.36. The molecule has 4 heterocycles. The molecule has 2 radical (unpaired) electrons. The highest BCUT2D eigenvalue weighted by Gasteiger charge is 2.57. The standard InChI is InChI=1S/C15H21BN6O6P/c1-15(2,3)21-14(24)20-11-8-12(18-5-17-11)22(6-19-8)13-9(23)10-7(27-13)4-26-29(16,25)28-10/h5-7,9-10,13,23,25H,4H2,1-3H3,(H2,17,18,20,21,24)/q+1/t7-,9?,10+,13-,29?/m1/s1. The molecule has 29 heavy (non-hydrogen) atoms. The predicted molar refractivity (Wildman–Crippen MR) is 103 cm³/mol. The number of aliphatic hydroxyl groups is 1. The molecule has 2 amide bonds. The minimum atomic E-state index is -3.48. The van der Waals surface area contributed by atoms with Crippen LogP contribution in [0.15, 0.2) is 12.7 Å². The fourth-order valence-electron chi connectivity index (χ4n) is 3.21. The van der Waals surface area contributed by atoms with Gasteiger partial charge in [0, 0.05) is 5.54 Å². The van der Waals surface area contributed by atoms with Crippen LogP contribution in [-0.2, 0) is 13.8 Å². The fraction of sp³-hybridized carbons (Fsp3) is 0.600. The number of carbonyl (C=O) groups excluding carboxylic acids is 1. The molecule has 0 aromatic carbocycles. The molecular formula is C15H21BN6O6P+. The van der Waals surface area contributed by atoms with Crippen LogP contribution in [0.5, 0.6) is 0 Å². The zero-order valence-electron chi connectivity index (χ0n) is 16.0. The molecule has 12 nitrogen and oxygen atoms in total. The molecule has 2 aliphatic rings. The van der Waals surface area contributed by atoms with E-state index in [1.54, 1.807) is 0 Å². The van der Waals surface area contributed by atoms with Crippen LogP contribution in [0, 0.1) is 0 Å². The zero-order valence-corrected chi connectivity index (χ0v) is 16.9. The number of imidazole rings is 1. The van der Waals surface area contributed by atoms with E-state index in [2.05, 4.69) is 25.6 Å². The van der Waals surface area contributed by atoms with Gasteiger partial charge >= 0.3 is 21.4 Å². The first-order valence-electron chi connectivity index (χ1n) is 8.88. The Balaban J connectivity index is 1.59. The maximum atomic E-state index is 12.2. The maximum Gasteiger partial charge on any atom is 0.488 e. The Bertz CT molecular complexity index is 936. The van der Waals surface area contributed by atoms with Crippen LogP contribution < -0.4 is 10.6 Å². The first kappa shape index (κ1) is 20.4. The molecule has 154 valence electrons. The quantitative estimate of drug-likeness (QED) is 0.394. The van der Waals surface area contributed by atoms with Crippen LogP contribution in [0.1, 0.15) is 27.0 Å². The van der Waals surface area contributed by atoms with Gasteiger partial charge in [0.15, 0.2) is 29.3 Å². The average Bonchev–Trinajstić information content (AvgIpc) is 3.15. The van der Waals surface area contributed by atoms with Gasteiger partial charge in [-0.05, 0) is 20.8 Å². The van der Waals surface area contributed by atoms with Gasteiger partial charge in [0.2, 0.25) is 0 Å². The van der Waals surface area contributed by atoms with Gasteiger partial charge in [-0.2, -0.15) is 9.05 Å². The largest absolute Gasteiger partial charge is 0.488 e. The molecule has 5 atom stereocenters. The first-order chi connectivity index (χ1) is 13.5. The Morgan fingerprint density at radius 2 is 2.14 bits per heavy atom. The van der Waals surface area contributed by atoms with E-state index in [-0.39, 0.29) is 12.4 Å². The van der Waals surface area contributed by atoms with Crippen LogP contribution in [0.4, 0.5) is 10.6 Å². The van der Waals surface area contributed by atoms with Crippen molar-refractivity contribution in [1.29, 1.82) is 0 Å². The minimum absolute atomic E-state index is 0.0135. The van der Waals surface area contributed by atoms with Crippen molar-refractivity contribution >= 4 is 38.4 Å². The van der Waals surface area contributed by atoms with Crippen molar-refractivity contribution in [3.63, 3.8) is 0 Å². The van der Waals surface area contributed by atoms with Crippen molar-refractivity contribution in [2.24, 2.45) is 0 Å². The number of anilines is 1. The Morgan fingerprint density at radius 1 is 1.38 bits per heavy atom. The van der Waals surface area contributed by atoms with Crippen LogP contribution in [-0.4, -0.2) is 73.6 Å². The van der Waals surface area contributed by atoms with Gasteiger partial charge < -0.3 is 15.2 Å². The number of carbonyl (C=O) groups is 1. The number of nitrogens with one attached hydrogen (secondary N) is 2. The molecular weight excluding hydrogens is 402 g/mol. The molecule has 0 spiro atoms. The normalized spacial score (nSPS) is 32.2. The van der Waals surface area contributed by atoms with Crippen molar-refractivity contribution in [1.82, 2.24) is 24.8 Å². The number of rotatable bonds is 2. The van der Waals surface area contributed by atoms with Gasteiger partial charge in [-0.1, -0.05) is 0 Å². The number of urea groups is 1. The number of nitrogens with zero attached hydrogens (tertiary/aromatic N) is 4. The number of aliphatic hydroxyl groups excluding tert-OH is 1. The molecule has 2 fully saturated rings. The average molecular weight is 423 g/mol. The minimum Gasteiger partial charge on any atom is -0.385 e. The summed E-state index contributed by atoms with van der Waals surface area (Å²) in [5.74, 6) is 0.210. The second-order valence-electron chi connectivity index (χ2n) is 7.86. The summed E-state index contributed by atoms with van der Waals surface area (Å²) in [6, 6.07) is -0.438. The van der Waals surface area contributed by atoms with Crippen LogP contribution in [0.3, 0.4) is 0 Å². The maximum absolute atomic E-state index is 12.2. The van der Waals surface area contributed by atoms with Gasteiger partial charge in [0.05, 0.1) is 6.33 Å². The summed E-state index contributed by atoms with van der Waals surface area (Å²) in [4.78, 5) is 34.5. The predicted octanol–water partition coefficient (Wildman–Crippen LogP) is 0.258. The summed E-state index contributed by atoms with van der Waals surface area (Å²) in [6.07, 6.45) is -0.831. The number of ether oxygens (including phenoxy) is 1. The van der Waals surface area contributed by atoms with E-state index in [0.29, 0.717) is 11.2 Å². The van der Waals surface area contributed by atoms with Crippen LogP contribution >= 0.6 is 7.82 Å². The SMILES string of the molecule is [B][P+]1(O)OC[C@H]2O[C@@H](n3cnc4c(NC(=O)NC(C)(C)C)ncnc43)C(O)[C@H]2O1. The molecule has 14 heteroatoms. The van der Waals surface area contributed by atoms with Crippen molar-refractivity contribution in [3.05, 3.63) is 12.7 Å². The molecule has 0 saturated carbocycles. The van der Waals surface area contributed by atoms with Crippen molar-refractivity contribution in [2.45, 2.75) is 50.8 Å². The summed E-state index contributed by atoms with van der Waals surface area (Å²) in [5, 5.41) is 16.1. The molecule has 0 bridgehead atoms. The Morgan fingerprint density at radius 3 is 2.86 bits per heavy atom. The third-order valence-corrected chi connectivity index (χ3v) is 5.42. The smallest absolute Gasteiger partial charge is 0.385 e. The number of hydrogen-bond acceptors (Lipinski definition) is 9. The van der Waals surface area contributed by atoms with Crippen molar-refractivity contribution in [2.75, 3.05) is 11.9 Å². The monoisotopic (exact) mass is 423 g/mol. The lowest BCUT2D eigenvalue weighted by atomic mass is 10.1. The van der Waals surface area contributed by atoms with E-state index >= 15 is 0 Å². The van der Waals surface area contributed by atoms with E-state index in [1.165, 1.54) is 17.2 Å². The van der Waals surface area contributed by atoms with Crippen LogP contribution in [0.25, 0.3) is 11.2 Å². The molecule has 2 saturated heterocycles. The molecule has 4 rings (SSSR count). The van der Waals surface area contributed by atoms with Gasteiger partial charge in [0.25, 0.3) is 0 Å². The van der Waals surface area contributed by atoms with Gasteiger partial charge in [0.1, 0.15) is 25.1 Å². The van der Waals surface area contributed by atoms with Gasteiger partial charge in [-0.3, -0.25) is 9.88 Å². The topological polar surface area (TPSA) is 153 Å². The van der Waals surface area contributed by atoms with Crippen molar-refractivity contribution < 1.29 is 28.6 Å². The van der Waals surface area contributed by atoms with E-state index in [0.717, 1.165) is 0 Å². The lowest BCUT2D eigenvalue weighted by Crippen LogP contribution is -2.43. The molecule has 2 aliphatic heterocycles. The second-order valence-corrected chi connectivity index (χ2v) is 9.46. The van der Waals surface area contributed by atoms with Crippen LogP contribution in [0.2, 0.25) is 0 Å². The Kier molecular flexibility index (Phi) is 5.00. The lowest BCUT2D eigenvalue weighted by Gasteiger charge is -2.27. The highest BCUT2D eigenvalue weighted by atomic mass is 31.2. The highest BCUT2D eigenvalue weighted by Crippen LogP contribution is 2.58. The van der Waals surface area contributed by atoms with E-state index in [9.17, 15) is 14.8 Å². The molecule has 2 unspecified atom stereocenters. The number of amides is 2. The summed E-state index contributed by atoms with van der Waals surface area (Å²) in [7, 11) is 2.05. The van der Waals surface area contributed by atoms with Gasteiger partial charge in [-0.25, -0.2) is 24.6 Å². The molecule has 0 aliphatic carbocycles. The van der Waals surface area contributed by atoms with Crippen molar-refractivity contribution in [3.8, 4) is 0 Å². The van der Waals surface area contributed by atoms with E-state index in [4.69, 9.17) is 21.4 Å². The Hall–Kier alpha value is -1.89. The zero-order chi connectivity index (χ0) is 21.0. The number of hydrogen-bond donors (Lipinski definition) is 4. The molecule has 2 aromatic rings. The second kappa shape index (κ2) is 7.12. The number of aromatic nitrogens is 4. The summed E-state index contributed by atoms with van der Waals surface area (Å²) < 4.78 is 17.7. The van der Waals surface area contributed by atoms with E-state index < -0.39 is 43.9 Å². The molecule has 2 aromatic heterocycles. The molecule has 4 N–H and O–H groups in total. The first-order valence-corrected chi connectivity index (χ1v) is 10.5. The summed E-state index contributed by atoms with van der Waals surface area (Å²) in [5.41, 5.74) is 0.235. The summed E-state index contributed by atoms with van der Waals surface area (Å²) in [6.45, 7) is 5.54. The van der Waals surface area contributed by atoms with E-state index in [1.807, 2.05) is 20.8 Å². The Labute approximate surface area is 167 Å². The number of fused-ring (bicyclic) bond motifs is 2. The third kappa shape index (κ3) is 4.07. The van der Waals surface area contributed by atoms with Gasteiger partial charge in [-0.15, -0.1) is 0 Å². The lowest BCUT2D eigenvalue weighted by molar-refractivity contribution is -0.0603.